The predicted octanol–water partition coefficient (Wildman–Crippen LogP) is -0.653. The summed E-state index contributed by atoms with van der Waals surface area (Å²) in [5, 5.41) is 11.0. The van der Waals surface area contributed by atoms with E-state index in [0.717, 1.165) is 37.9 Å². The highest BCUT2D eigenvalue weighted by Gasteiger charge is 2.28. The van der Waals surface area contributed by atoms with Gasteiger partial charge >= 0.3 is 5.88 Å². The summed E-state index contributed by atoms with van der Waals surface area (Å²) in [6, 6.07) is -0.340. The SMILES string of the molecule is CC(=O)N[C@@H](CSC(C)=O)C(=O)Nc1c[n+](N2CCN(C(C)C)CC2)no1. The fourth-order valence-electron chi connectivity index (χ4n) is 2.70. The van der Waals surface area contributed by atoms with Crippen molar-refractivity contribution in [1.29, 1.82) is 0 Å². The van der Waals surface area contributed by atoms with E-state index in [4.69, 9.17) is 4.52 Å². The van der Waals surface area contributed by atoms with Crippen LogP contribution < -0.4 is 20.4 Å². The molecule has 0 saturated carbocycles. The van der Waals surface area contributed by atoms with Gasteiger partial charge < -0.3 is 5.32 Å². The molecule has 150 valence electrons. The van der Waals surface area contributed by atoms with Crippen molar-refractivity contribution < 1.29 is 23.7 Å². The van der Waals surface area contributed by atoms with Gasteiger partial charge in [-0.15, -0.1) is 0 Å². The molecule has 10 nitrogen and oxygen atoms in total. The normalized spacial score (nSPS) is 16.3. The number of anilines is 1. The monoisotopic (exact) mass is 399 g/mol. The third-order valence-corrected chi connectivity index (χ3v) is 5.07. The lowest BCUT2D eigenvalue weighted by Crippen LogP contribution is -2.66. The minimum absolute atomic E-state index is 0.129. The molecule has 11 heteroatoms. The number of hydrogen-bond donors (Lipinski definition) is 2. The van der Waals surface area contributed by atoms with Crippen LogP contribution in [-0.4, -0.2) is 71.1 Å². The van der Waals surface area contributed by atoms with Crippen molar-refractivity contribution in [3.63, 3.8) is 0 Å². The smallest absolute Gasteiger partial charge is 0.305 e. The molecule has 0 radical (unpaired) electrons. The highest BCUT2D eigenvalue weighted by atomic mass is 32.2. The minimum Gasteiger partial charge on any atom is -0.344 e. The van der Waals surface area contributed by atoms with E-state index in [2.05, 4.69) is 34.7 Å². The maximum atomic E-state index is 12.4. The molecule has 27 heavy (non-hydrogen) atoms. The van der Waals surface area contributed by atoms with Crippen LogP contribution in [0, 0.1) is 0 Å². The Kier molecular flexibility index (Phi) is 7.60. The Bertz CT molecular complexity index is 672. The lowest BCUT2D eigenvalue weighted by atomic mass is 10.2. The van der Waals surface area contributed by atoms with Gasteiger partial charge in [-0.05, 0) is 13.8 Å². The molecule has 1 fully saturated rings. The number of amides is 2. The van der Waals surface area contributed by atoms with Gasteiger partial charge in [0, 0.05) is 38.7 Å². The fourth-order valence-corrected chi connectivity index (χ4v) is 3.33. The van der Waals surface area contributed by atoms with Crippen LogP contribution in [0.1, 0.15) is 27.7 Å². The van der Waals surface area contributed by atoms with Crippen LogP contribution >= 0.6 is 11.8 Å². The first-order valence-electron chi connectivity index (χ1n) is 8.85. The molecular formula is C16H27N6O4S+. The maximum Gasteiger partial charge on any atom is 0.305 e. The zero-order valence-corrected chi connectivity index (χ0v) is 16.9. The molecule has 0 spiro atoms. The van der Waals surface area contributed by atoms with E-state index in [-0.39, 0.29) is 22.7 Å². The topological polar surface area (TPSA) is 112 Å². The molecule has 2 rings (SSSR count). The average molecular weight is 399 g/mol. The number of carbonyl (C=O) groups is 3. The van der Waals surface area contributed by atoms with E-state index >= 15 is 0 Å². The third kappa shape index (κ3) is 6.51. The van der Waals surface area contributed by atoms with Gasteiger partial charge in [0.25, 0.3) is 6.20 Å². The van der Waals surface area contributed by atoms with Crippen molar-refractivity contribution in [2.75, 3.05) is 42.3 Å². The summed E-state index contributed by atoms with van der Waals surface area (Å²) < 4.78 is 5.18. The van der Waals surface area contributed by atoms with Crippen molar-refractivity contribution in [2.45, 2.75) is 39.8 Å². The Balaban J connectivity index is 1.93. The van der Waals surface area contributed by atoms with Gasteiger partial charge in [0.05, 0.1) is 17.9 Å². The first kappa shape index (κ1) is 21.2. The number of carbonyl (C=O) groups excluding carboxylic acids is 3. The van der Waals surface area contributed by atoms with Gasteiger partial charge in [-0.2, -0.15) is 5.01 Å². The zero-order chi connectivity index (χ0) is 20.0. The number of thioether (sulfide) groups is 1. The van der Waals surface area contributed by atoms with Crippen molar-refractivity contribution in [1.82, 2.24) is 15.5 Å². The van der Waals surface area contributed by atoms with Gasteiger partial charge in [-0.25, -0.2) is 0 Å². The summed E-state index contributed by atoms with van der Waals surface area (Å²) in [7, 11) is 0. The fraction of sp³-hybridized carbons (Fsp3) is 0.688. The van der Waals surface area contributed by atoms with Crippen molar-refractivity contribution in [2.24, 2.45) is 0 Å². The Hall–Kier alpha value is -2.14. The van der Waals surface area contributed by atoms with E-state index in [9.17, 15) is 14.4 Å². The lowest BCUT2D eigenvalue weighted by molar-refractivity contribution is -0.759. The molecule has 0 aromatic carbocycles. The van der Waals surface area contributed by atoms with Crippen LogP contribution in [0.4, 0.5) is 5.88 Å². The van der Waals surface area contributed by atoms with Gasteiger partial charge in [0.15, 0.2) is 5.12 Å². The first-order chi connectivity index (χ1) is 12.8. The van der Waals surface area contributed by atoms with Crippen LogP contribution in [0.25, 0.3) is 0 Å². The molecule has 1 aromatic heterocycles. The van der Waals surface area contributed by atoms with Crippen molar-refractivity contribution in [3.8, 4) is 0 Å². The number of nitrogens with zero attached hydrogens (tertiary/aromatic N) is 4. The molecule has 0 bridgehead atoms. The Morgan fingerprint density at radius 2 is 1.93 bits per heavy atom. The van der Waals surface area contributed by atoms with E-state index in [0.29, 0.717) is 6.04 Å². The van der Waals surface area contributed by atoms with E-state index < -0.39 is 11.9 Å². The molecule has 2 amide bonds. The number of hydrogen-bond acceptors (Lipinski definition) is 8. The van der Waals surface area contributed by atoms with Crippen molar-refractivity contribution in [3.05, 3.63) is 6.20 Å². The van der Waals surface area contributed by atoms with Gasteiger partial charge in [-0.1, -0.05) is 11.8 Å². The summed E-state index contributed by atoms with van der Waals surface area (Å²) >= 11 is 0.972. The van der Waals surface area contributed by atoms with Crippen molar-refractivity contribution >= 4 is 34.6 Å². The second-order valence-corrected chi connectivity index (χ2v) is 7.81. The Morgan fingerprint density at radius 3 is 2.48 bits per heavy atom. The van der Waals surface area contributed by atoms with Gasteiger partial charge in [0.1, 0.15) is 6.04 Å². The molecule has 1 saturated heterocycles. The Labute approximate surface area is 162 Å². The predicted molar refractivity (Wildman–Crippen MR) is 101 cm³/mol. The summed E-state index contributed by atoms with van der Waals surface area (Å²) in [4.78, 5) is 38.8. The van der Waals surface area contributed by atoms with Crippen LogP contribution in [0.5, 0.6) is 0 Å². The third-order valence-electron chi connectivity index (χ3n) is 4.16. The van der Waals surface area contributed by atoms with Crippen LogP contribution in [0.15, 0.2) is 10.7 Å². The number of piperazine rings is 1. The molecule has 2 heterocycles. The summed E-state index contributed by atoms with van der Waals surface area (Å²) in [6.07, 6.45) is 1.59. The second kappa shape index (κ2) is 9.70. The zero-order valence-electron chi connectivity index (χ0n) is 16.1. The number of aromatic nitrogens is 2. The minimum atomic E-state index is -0.843. The van der Waals surface area contributed by atoms with Crippen LogP contribution in [-0.2, 0) is 14.4 Å². The summed E-state index contributed by atoms with van der Waals surface area (Å²) in [6.45, 7) is 10.5. The average Bonchev–Trinajstić information content (AvgIpc) is 3.06. The van der Waals surface area contributed by atoms with Crippen LogP contribution in [0.3, 0.4) is 0 Å². The molecule has 2 N–H and O–H groups in total. The molecule has 1 atom stereocenters. The van der Waals surface area contributed by atoms with Crippen LogP contribution in [0.2, 0.25) is 0 Å². The first-order valence-corrected chi connectivity index (χ1v) is 9.84. The summed E-state index contributed by atoms with van der Waals surface area (Å²) in [5.41, 5.74) is 0. The number of nitrogens with one attached hydrogen (secondary N) is 2. The highest BCUT2D eigenvalue weighted by Crippen LogP contribution is 2.08. The maximum absolute atomic E-state index is 12.4. The standard InChI is InChI=1S/C16H26N6O4S/c1-11(2)20-5-7-21(8-6-20)22-9-15(26-19-22)18-16(25)14(17-12(3)23)10-27-13(4)24/h9,11,14H,5-8,10H2,1-4H3,(H-,17,18,19,23,25)/p+1/t14-/m0/s1. The molecule has 0 aliphatic carbocycles. The molecule has 1 aliphatic rings. The quantitative estimate of drug-likeness (QED) is 0.582. The second-order valence-electron chi connectivity index (χ2n) is 6.61. The van der Waals surface area contributed by atoms with E-state index in [1.807, 2.05) is 5.01 Å². The Morgan fingerprint density at radius 1 is 1.26 bits per heavy atom. The summed E-state index contributed by atoms with van der Waals surface area (Å²) in [5.74, 6) is -0.497. The largest absolute Gasteiger partial charge is 0.344 e. The van der Waals surface area contributed by atoms with E-state index in [1.54, 1.807) is 11.0 Å². The molecule has 1 aliphatic heterocycles. The molecule has 0 unspecified atom stereocenters. The number of rotatable bonds is 7. The lowest BCUT2D eigenvalue weighted by Gasteiger charge is -2.32. The highest BCUT2D eigenvalue weighted by molar-refractivity contribution is 8.13. The molecule has 1 aromatic rings. The molecular weight excluding hydrogens is 372 g/mol. The van der Waals surface area contributed by atoms with E-state index in [1.165, 1.54) is 13.8 Å². The van der Waals surface area contributed by atoms with Gasteiger partial charge in [-0.3, -0.25) is 29.1 Å². The van der Waals surface area contributed by atoms with Gasteiger partial charge in [0.2, 0.25) is 17.1 Å².